The van der Waals surface area contributed by atoms with Gasteiger partial charge in [-0.1, -0.05) is 25.0 Å². The van der Waals surface area contributed by atoms with Gasteiger partial charge in [0.2, 0.25) is 11.7 Å². The van der Waals surface area contributed by atoms with E-state index >= 15 is 0 Å². The number of amides is 1. The van der Waals surface area contributed by atoms with Crippen LogP contribution in [0.1, 0.15) is 32.6 Å². The van der Waals surface area contributed by atoms with Crippen LogP contribution in [0.5, 0.6) is 0 Å². The van der Waals surface area contributed by atoms with E-state index in [1.165, 1.54) is 17.5 Å². The first-order valence-electron chi connectivity index (χ1n) is 9.05. The molecule has 0 unspecified atom stereocenters. The average molecular weight is 341 g/mol. The van der Waals surface area contributed by atoms with E-state index in [-0.39, 0.29) is 18.1 Å². The van der Waals surface area contributed by atoms with Crippen molar-refractivity contribution in [1.29, 1.82) is 0 Å². The van der Waals surface area contributed by atoms with Crippen molar-refractivity contribution in [2.75, 3.05) is 13.1 Å². The number of likely N-dealkylation sites (tertiary alicyclic amines) is 1. The molecule has 0 atom stereocenters. The van der Waals surface area contributed by atoms with E-state index in [0.29, 0.717) is 12.3 Å². The van der Waals surface area contributed by atoms with E-state index in [0.717, 1.165) is 37.0 Å². The van der Waals surface area contributed by atoms with Crippen LogP contribution < -0.4 is 5.69 Å². The Labute approximate surface area is 145 Å². The molecule has 0 radical (unpaired) electrons. The van der Waals surface area contributed by atoms with E-state index < -0.39 is 0 Å². The Hall–Kier alpha value is -2.57. The average Bonchev–Trinajstić information content (AvgIpc) is 2.94. The minimum absolute atomic E-state index is 0.0125. The summed E-state index contributed by atoms with van der Waals surface area (Å²) in [5, 5.41) is 4.46. The van der Waals surface area contributed by atoms with E-state index in [4.69, 9.17) is 0 Å². The molecule has 0 saturated carbocycles. The van der Waals surface area contributed by atoms with Crippen LogP contribution >= 0.6 is 0 Å². The third-order valence-electron chi connectivity index (χ3n) is 5.04. The second-order valence-electron chi connectivity index (χ2n) is 6.60. The van der Waals surface area contributed by atoms with Crippen LogP contribution in [-0.2, 0) is 17.9 Å². The molecule has 1 aliphatic heterocycles. The minimum atomic E-state index is -0.249. The summed E-state index contributed by atoms with van der Waals surface area (Å²) in [4.78, 5) is 27.3. The van der Waals surface area contributed by atoms with Gasteiger partial charge in [0.1, 0.15) is 6.54 Å². The molecule has 7 heteroatoms. The number of nitrogens with zero attached hydrogens (tertiary/aromatic N) is 5. The molecule has 1 saturated heterocycles. The molecule has 3 heterocycles. The van der Waals surface area contributed by atoms with Gasteiger partial charge in [-0.15, -0.1) is 5.10 Å². The zero-order valence-corrected chi connectivity index (χ0v) is 14.5. The second kappa shape index (κ2) is 6.38. The van der Waals surface area contributed by atoms with Gasteiger partial charge in [-0.3, -0.25) is 4.79 Å². The summed E-state index contributed by atoms with van der Waals surface area (Å²) < 4.78 is 4.92. The topological polar surface area (TPSA) is 64.5 Å². The van der Waals surface area contributed by atoms with Gasteiger partial charge in [0.05, 0.1) is 11.0 Å². The third kappa shape index (κ3) is 2.63. The maximum absolute atomic E-state index is 12.8. The van der Waals surface area contributed by atoms with Crippen LogP contribution in [0.3, 0.4) is 0 Å². The van der Waals surface area contributed by atoms with Gasteiger partial charge < -0.3 is 9.47 Å². The highest BCUT2D eigenvalue weighted by atomic mass is 16.2. The molecule has 1 aromatic carbocycles. The number of carbonyl (C=O) groups excluding carboxylic acids is 1. The molecule has 1 amide bonds. The van der Waals surface area contributed by atoms with Crippen LogP contribution in [-0.4, -0.2) is 42.6 Å². The molecule has 1 aliphatic rings. The summed E-state index contributed by atoms with van der Waals surface area (Å²) in [7, 11) is 0. The summed E-state index contributed by atoms with van der Waals surface area (Å²) in [6.45, 7) is 4.32. The number of aryl methyl sites for hydroxylation is 1. The number of carbonyl (C=O) groups is 1. The smallest absolute Gasteiger partial charge is 0.341 e. The molecule has 0 spiro atoms. The summed E-state index contributed by atoms with van der Waals surface area (Å²) >= 11 is 0. The van der Waals surface area contributed by atoms with Gasteiger partial charge >= 0.3 is 5.69 Å². The normalized spacial score (nSPS) is 15.8. The molecule has 0 N–H and O–H groups in total. The van der Waals surface area contributed by atoms with Crippen LogP contribution in [0.4, 0.5) is 0 Å². The fourth-order valence-corrected chi connectivity index (χ4v) is 3.73. The van der Waals surface area contributed by atoms with Crippen molar-refractivity contribution in [3.8, 4) is 0 Å². The molecule has 2 aromatic heterocycles. The summed E-state index contributed by atoms with van der Waals surface area (Å²) in [6, 6.07) is 7.77. The van der Waals surface area contributed by atoms with Crippen LogP contribution in [0.2, 0.25) is 0 Å². The minimum Gasteiger partial charge on any atom is -0.341 e. The standard InChI is InChI=1S/C18H23N5O2/c1-2-21-14-9-5-6-10-15(14)23-17(21)19-22(18(23)25)13-16(24)20-11-7-3-4-8-12-20/h5-6,9-10H,2-4,7-8,11-13H2,1H3. The van der Waals surface area contributed by atoms with Crippen molar-refractivity contribution in [2.24, 2.45) is 0 Å². The highest BCUT2D eigenvalue weighted by Crippen LogP contribution is 2.18. The zero-order valence-electron chi connectivity index (χ0n) is 14.5. The van der Waals surface area contributed by atoms with Gasteiger partial charge in [-0.05, 0) is 31.9 Å². The highest BCUT2D eigenvalue weighted by molar-refractivity contribution is 5.81. The van der Waals surface area contributed by atoms with Crippen molar-refractivity contribution >= 4 is 22.7 Å². The Morgan fingerprint density at radius 2 is 1.76 bits per heavy atom. The van der Waals surface area contributed by atoms with Crippen LogP contribution in [0.25, 0.3) is 16.8 Å². The molecular weight excluding hydrogens is 318 g/mol. The molecular formula is C18H23N5O2. The van der Waals surface area contributed by atoms with E-state index in [2.05, 4.69) is 5.10 Å². The van der Waals surface area contributed by atoms with Gasteiger partial charge in [0.15, 0.2) is 0 Å². The van der Waals surface area contributed by atoms with E-state index in [1.54, 1.807) is 4.40 Å². The predicted octanol–water partition coefficient (Wildman–Crippen LogP) is 1.87. The Balaban J connectivity index is 1.72. The second-order valence-corrected chi connectivity index (χ2v) is 6.60. The summed E-state index contributed by atoms with van der Waals surface area (Å²) in [6.07, 6.45) is 4.42. The quantitative estimate of drug-likeness (QED) is 0.730. The number of fused-ring (bicyclic) bond motifs is 3. The Kier molecular flexibility index (Phi) is 4.07. The summed E-state index contributed by atoms with van der Waals surface area (Å²) in [5.74, 6) is 0.578. The van der Waals surface area contributed by atoms with Gasteiger partial charge in [0, 0.05) is 19.6 Å². The first-order chi connectivity index (χ1) is 12.2. The number of aromatic nitrogens is 4. The Bertz CT molecular complexity index is 973. The molecule has 4 rings (SSSR count). The number of para-hydroxylation sites is 2. The fourth-order valence-electron chi connectivity index (χ4n) is 3.73. The largest absolute Gasteiger partial charge is 0.352 e. The monoisotopic (exact) mass is 341 g/mol. The lowest BCUT2D eigenvalue weighted by molar-refractivity contribution is -0.132. The van der Waals surface area contributed by atoms with Crippen molar-refractivity contribution in [1.82, 2.24) is 23.6 Å². The maximum Gasteiger partial charge on any atom is 0.352 e. The first kappa shape index (κ1) is 15.9. The van der Waals surface area contributed by atoms with Gasteiger partial charge in [0.25, 0.3) is 0 Å². The number of imidazole rings is 1. The SMILES string of the molecule is CCn1c2ccccc2n2c(=O)n(CC(=O)N3CCCCCC3)nc12. The van der Waals surface area contributed by atoms with Crippen molar-refractivity contribution < 1.29 is 4.79 Å². The van der Waals surface area contributed by atoms with E-state index in [9.17, 15) is 9.59 Å². The Morgan fingerprint density at radius 1 is 1.08 bits per heavy atom. The fraction of sp³-hybridized carbons (Fsp3) is 0.500. The molecule has 132 valence electrons. The first-order valence-corrected chi connectivity index (χ1v) is 9.05. The predicted molar refractivity (Wildman–Crippen MR) is 95.7 cm³/mol. The Morgan fingerprint density at radius 3 is 2.44 bits per heavy atom. The summed E-state index contributed by atoms with van der Waals surface area (Å²) in [5.41, 5.74) is 1.56. The molecule has 0 aliphatic carbocycles. The van der Waals surface area contributed by atoms with Crippen molar-refractivity contribution in [2.45, 2.75) is 45.7 Å². The number of hydrogen-bond donors (Lipinski definition) is 0. The molecule has 7 nitrogen and oxygen atoms in total. The van der Waals surface area contributed by atoms with Crippen molar-refractivity contribution in [3.63, 3.8) is 0 Å². The zero-order chi connectivity index (χ0) is 17.4. The van der Waals surface area contributed by atoms with Crippen molar-refractivity contribution in [3.05, 3.63) is 34.7 Å². The third-order valence-corrected chi connectivity index (χ3v) is 5.04. The van der Waals surface area contributed by atoms with Gasteiger partial charge in [-0.2, -0.15) is 0 Å². The molecule has 25 heavy (non-hydrogen) atoms. The number of rotatable bonds is 3. The van der Waals surface area contributed by atoms with Crippen LogP contribution in [0, 0.1) is 0 Å². The highest BCUT2D eigenvalue weighted by Gasteiger charge is 2.21. The number of hydrogen-bond acceptors (Lipinski definition) is 3. The van der Waals surface area contributed by atoms with Crippen LogP contribution in [0.15, 0.2) is 29.1 Å². The van der Waals surface area contributed by atoms with Gasteiger partial charge in [-0.25, -0.2) is 13.9 Å². The van der Waals surface area contributed by atoms with E-state index in [1.807, 2.05) is 40.7 Å². The lowest BCUT2D eigenvalue weighted by Gasteiger charge is -2.19. The molecule has 1 fully saturated rings. The lowest BCUT2D eigenvalue weighted by Crippen LogP contribution is -2.37. The maximum atomic E-state index is 12.8. The number of benzene rings is 1. The lowest BCUT2D eigenvalue weighted by atomic mass is 10.2. The molecule has 0 bridgehead atoms. The molecule has 3 aromatic rings.